The standard InChI is InChI=1S/C17H15BrN2O2S/c1-9-4-6-12(18)8-13(9)20-16(21)15-11(3)19-17(23-15)14-7-5-10(2)22-14/h4-8H,1-3H3,(H,20,21). The lowest BCUT2D eigenvalue weighted by molar-refractivity contribution is 0.102. The van der Waals surface area contributed by atoms with E-state index in [0.29, 0.717) is 21.3 Å². The minimum Gasteiger partial charge on any atom is -0.459 e. The van der Waals surface area contributed by atoms with Gasteiger partial charge >= 0.3 is 0 Å². The van der Waals surface area contributed by atoms with E-state index in [1.807, 2.05) is 51.1 Å². The van der Waals surface area contributed by atoms with Crippen LogP contribution in [0.5, 0.6) is 0 Å². The monoisotopic (exact) mass is 390 g/mol. The molecule has 0 spiro atoms. The first kappa shape index (κ1) is 16.0. The molecule has 0 atom stereocenters. The molecule has 2 heterocycles. The highest BCUT2D eigenvalue weighted by molar-refractivity contribution is 9.10. The van der Waals surface area contributed by atoms with Crippen LogP contribution in [0.4, 0.5) is 5.69 Å². The highest BCUT2D eigenvalue weighted by Gasteiger charge is 2.18. The molecule has 0 fully saturated rings. The zero-order valence-electron chi connectivity index (χ0n) is 12.9. The number of carbonyl (C=O) groups excluding carboxylic acids is 1. The lowest BCUT2D eigenvalue weighted by Gasteiger charge is -2.08. The fourth-order valence-electron chi connectivity index (χ4n) is 2.17. The number of thiazole rings is 1. The molecule has 0 saturated heterocycles. The molecule has 1 aromatic carbocycles. The summed E-state index contributed by atoms with van der Waals surface area (Å²) in [6.07, 6.45) is 0. The number of amides is 1. The van der Waals surface area contributed by atoms with Gasteiger partial charge in [-0.25, -0.2) is 4.98 Å². The van der Waals surface area contributed by atoms with Crippen molar-refractivity contribution in [1.82, 2.24) is 4.98 Å². The van der Waals surface area contributed by atoms with Crippen molar-refractivity contribution < 1.29 is 9.21 Å². The van der Waals surface area contributed by atoms with Crippen LogP contribution < -0.4 is 5.32 Å². The van der Waals surface area contributed by atoms with Crippen LogP contribution in [-0.2, 0) is 0 Å². The van der Waals surface area contributed by atoms with Gasteiger partial charge in [-0.1, -0.05) is 22.0 Å². The molecule has 2 aromatic heterocycles. The maximum absolute atomic E-state index is 12.6. The molecule has 3 rings (SSSR count). The van der Waals surface area contributed by atoms with Gasteiger partial charge in [-0.15, -0.1) is 11.3 Å². The molecular weight excluding hydrogens is 376 g/mol. The van der Waals surface area contributed by atoms with Crippen molar-refractivity contribution in [3.8, 4) is 10.8 Å². The predicted octanol–water partition coefficient (Wildman–Crippen LogP) is 5.34. The number of aromatic nitrogens is 1. The molecule has 0 bridgehead atoms. The van der Waals surface area contributed by atoms with Crippen LogP contribution in [0.1, 0.15) is 26.7 Å². The van der Waals surface area contributed by atoms with Crippen molar-refractivity contribution >= 4 is 38.9 Å². The number of benzene rings is 1. The number of anilines is 1. The quantitative estimate of drug-likeness (QED) is 0.656. The Morgan fingerprint density at radius 3 is 2.70 bits per heavy atom. The van der Waals surface area contributed by atoms with E-state index in [1.54, 1.807) is 0 Å². The molecule has 23 heavy (non-hydrogen) atoms. The molecular formula is C17H15BrN2O2S. The average molecular weight is 391 g/mol. The van der Waals surface area contributed by atoms with Gasteiger partial charge in [0.2, 0.25) is 0 Å². The Morgan fingerprint density at radius 2 is 2.00 bits per heavy atom. The predicted molar refractivity (Wildman–Crippen MR) is 96.1 cm³/mol. The van der Waals surface area contributed by atoms with E-state index in [0.717, 1.165) is 21.5 Å². The lowest BCUT2D eigenvalue weighted by atomic mass is 10.2. The van der Waals surface area contributed by atoms with Gasteiger partial charge in [0, 0.05) is 10.2 Å². The summed E-state index contributed by atoms with van der Waals surface area (Å²) in [5.41, 5.74) is 2.49. The average Bonchev–Trinajstić information content (AvgIpc) is 3.09. The van der Waals surface area contributed by atoms with E-state index < -0.39 is 0 Å². The van der Waals surface area contributed by atoms with Gasteiger partial charge in [-0.05, 0) is 50.6 Å². The minimum absolute atomic E-state index is 0.157. The number of halogens is 1. The highest BCUT2D eigenvalue weighted by Crippen LogP contribution is 2.30. The molecule has 6 heteroatoms. The van der Waals surface area contributed by atoms with Crippen molar-refractivity contribution in [3.63, 3.8) is 0 Å². The summed E-state index contributed by atoms with van der Waals surface area (Å²) in [5, 5.41) is 3.66. The normalized spacial score (nSPS) is 10.8. The summed E-state index contributed by atoms with van der Waals surface area (Å²) in [5.74, 6) is 1.35. The van der Waals surface area contributed by atoms with Crippen molar-refractivity contribution in [2.75, 3.05) is 5.32 Å². The first-order valence-electron chi connectivity index (χ1n) is 7.06. The van der Waals surface area contributed by atoms with E-state index in [4.69, 9.17) is 4.42 Å². The van der Waals surface area contributed by atoms with Crippen LogP contribution in [-0.4, -0.2) is 10.9 Å². The van der Waals surface area contributed by atoms with E-state index in [2.05, 4.69) is 26.2 Å². The Balaban J connectivity index is 1.88. The molecule has 0 aliphatic carbocycles. The third kappa shape index (κ3) is 3.38. The summed E-state index contributed by atoms with van der Waals surface area (Å²) < 4.78 is 6.50. The van der Waals surface area contributed by atoms with E-state index in [1.165, 1.54) is 11.3 Å². The number of hydrogen-bond donors (Lipinski definition) is 1. The summed E-state index contributed by atoms with van der Waals surface area (Å²) in [6, 6.07) is 9.54. The number of carbonyl (C=O) groups is 1. The lowest BCUT2D eigenvalue weighted by Crippen LogP contribution is -2.12. The Bertz CT molecular complexity index is 883. The second-order valence-corrected chi connectivity index (χ2v) is 7.17. The molecule has 0 saturated carbocycles. The number of hydrogen-bond acceptors (Lipinski definition) is 4. The maximum atomic E-state index is 12.6. The molecule has 1 amide bonds. The third-order valence-electron chi connectivity index (χ3n) is 3.40. The SMILES string of the molecule is Cc1ccc(-c2nc(C)c(C(=O)Nc3cc(Br)ccc3C)s2)o1. The largest absolute Gasteiger partial charge is 0.459 e. The number of rotatable bonds is 3. The molecule has 1 N–H and O–H groups in total. The Morgan fingerprint density at radius 1 is 1.22 bits per heavy atom. The Labute approximate surface area is 146 Å². The van der Waals surface area contributed by atoms with Crippen molar-refractivity contribution in [2.24, 2.45) is 0 Å². The number of nitrogens with one attached hydrogen (secondary N) is 1. The fraction of sp³-hybridized carbons (Fsp3) is 0.176. The van der Waals surface area contributed by atoms with E-state index in [-0.39, 0.29) is 5.91 Å². The van der Waals surface area contributed by atoms with Crippen LogP contribution in [0.25, 0.3) is 10.8 Å². The molecule has 4 nitrogen and oxygen atoms in total. The maximum Gasteiger partial charge on any atom is 0.267 e. The first-order valence-corrected chi connectivity index (χ1v) is 8.67. The smallest absolute Gasteiger partial charge is 0.267 e. The molecule has 0 unspecified atom stereocenters. The zero-order chi connectivity index (χ0) is 16.6. The minimum atomic E-state index is -0.157. The van der Waals surface area contributed by atoms with Crippen molar-refractivity contribution in [2.45, 2.75) is 20.8 Å². The van der Waals surface area contributed by atoms with Gasteiger partial charge in [-0.2, -0.15) is 0 Å². The molecule has 118 valence electrons. The van der Waals surface area contributed by atoms with Crippen LogP contribution in [0.15, 0.2) is 39.2 Å². The fourth-order valence-corrected chi connectivity index (χ4v) is 3.45. The summed E-state index contributed by atoms with van der Waals surface area (Å²) in [4.78, 5) is 17.6. The molecule has 0 aliphatic heterocycles. The van der Waals surface area contributed by atoms with Gasteiger partial charge < -0.3 is 9.73 Å². The molecule has 0 radical (unpaired) electrons. The van der Waals surface area contributed by atoms with Crippen molar-refractivity contribution in [1.29, 1.82) is 0 Å². The highest BCUT2D eigenvalue weighted by atomic mass is 79.9. The zero-order valence-corrected chi connectivity index (χ0v) is 15.3. The number of nitrogens with zero attached hydrogens (tertiary/aromatic N) is 1. The third-order valence-corrected chi connectivity index (χ3v) is 5.07. The van der Waals surface area contributed by atoms with E-state index >= 15 is 0 Å². The van der Waals surface area contributed by atoms with Gasteiger partial charge in [0.25, 0.3) is 5.91 Å². The van der Waals surface area contributed by atoms with Gasteiger partial charge in [-0.3, -0.25) is 4.79 Å². The van der Waals surface area contributed by atoms with E-state index in [9.17, 15) is 4.79 Å². The number of furan rings is 1. The van der Waals surface area contributed by atoms with Crippen molar-refractivity contribution in [3.05, 3.63) is 56.7 Å². The Kier molecular flexibility index (Phi) is 4.37. The molecule has 0 aliphatic rings. The van der Waals surface area contributed by atoms with Crippen LogP contribution >= 0.6 is 27.3 Å². The molecule has 3 aromatic rings. The summed E-state index contributed by atoms with van der Waals surface area (Å²) >= 11 is 4.76. The topological polar surface area (TPSA) is 55.1 Å². The number of aryl methyl sites for hydroxylation is 3. The van der Waals surface area contributed by atoms with Crippen LogP contribution in [0.3, 0.4) is 0 Å². The summed E-state index contributed by atoms with van der Waals surface area (Å²) in [6.45, 7) is 5.67. The summed E-state index contributed by atoms with van der Waals surface area (Å²) in [7, 11) is 0. The van der Waals surface area contributed by atoms with Gasteiger partial charge in [0.1, 0.15) is 10.6 Å². The van der Waals surface area contributed by atoms with Gasteiger partial charge in [0.05, 0.1) is 5.69 Å². The second-order valence-electron chi connectivity index (χ2n) is 5.26. The van der Waals surface area contributed by atoms with Crippen LogP contribution in [0, 0.1) is 20.8 Å². The Hall–Kier alpha value is -1.92. The van der Waals surface area contributed by atoms with Crippen LogP contribution in [0.2, 0.25) is 0 Å². The first-order chi connectivity index (χ1) is 10.9. The second kappa shape index (κ2) is 6.29. The van der Waals surface area contributed by atoms with Gasteiger partial charge in [0.15, 0.2) is 10.8 Å².